The summed E-state index contributed by atoms with van der Waals surface area (Å²) in [5, 5.41) is 0. The molecule has 0 aromatic rings. The first-order chi connectivity index (χ1) is 4.66. The van der Waals surface area contributed by atoms with E-state index in [1.165, 1.54) is 0 Å². The highest BCUT2D eigenvalue weighted by molar-refractivity contribution is 5.86. The molecule has 1 saturated heterocycles. The fourth-order valence-corrected chi connectivity index (χ4v) is 1.45. The molecule has 0 N–H and O–H groups in total. The van der Waals surface area contributed by atoms with Crippen molar-refractivity contribution in [1.29, 1.82) is 0 Å². The van der Waals surface area contributed by atoms with Gasteiger partial charge in [-0.05, 0) is 13.3 Å². The van der Waals surface area contributed by atoms with Crippen LogP contribution in [0.4, 0.5) is 0 Å². The lowest BCUT2D eigenvalue weighted by atomic mass is 9.99. The molecule has 0 amide bonds. The second-order valence-electron chi connectivity index (χ2n) is 2.92. The molecule has 1 rings (SSSR count). The summed E-state index contributed by atoms with van der Waals surface area (Å²) in [6.45, 7) is 5.82. The lowest BCUT2D eigenvalue weighted by Crippen LogP contribution is -2.16. The van der Waals surface area contributed by atoms with Crippen LogP contribution in [0.3, 0.4) is 0 Å². The molecule has 0 saturated carbocycles. The smallest absolute Gasteiger partial charge is 0.166 e. The predicted molar refractivity (Wildman–Crippen MR) is 38.8 cm³/mol. The van der Waals surface area contributed by atoms with E-state index in [0.29, 0.717) is 0 Å². The Bertz CT molecular complexity index is 142. The number of hydrogen-bond donors (Lipinski definition) is 0. The molecule has 1 aliphatic rings. The van der Waals surface area contributed by atoms with Crippen molar-refractivity contribution in [2.45, 2.75) is 39.4 Å². The molecule has 0 aromatic carbocycles. The van der Waals surface area contributed by atoms with E-state index in [0.717, 1.165) is 6.42 Å². The minimum atomic E-state index is -0.167. The molecule has 0 aliphatic carbocycles. The van der Waals surface area contributed by atoms with Gasteiger partial charge in [0.05, 0.1) is 6.10 Å². The van der Waals surface area contributed by atoms with Crippen LogP contribution in [0.15, 0.2) is 0 Å². The van der Waals surface area contributed by atoms with E-state index in [1.807, 2.05) is 20.8 Å². The second kappa shape index (κ2) is 2.70. The van der Waals surface area contributed by atoms with Crippen LogP contribution in [-0.2, 0) is 9.53 Å². The maximum atomic E-state index is 11.1. The standard InChI is InChI=1S/C8H14O2/c1-4-7-5(2)8(9)6(3)10-7/h5-7H,4H2,1-3H3/t5-,6?,7+/m0/s1. The van der Waals surface area contributed by atoms with Gasteiger partial charge in [-0.2, -0.15) is 0 Å². The zero-order valence-electron chi connectivity index (χ0n) is 6.76. The van der Waals surface area contributed by atoms with Gasteiger partial charge in [-0.25, -0.2) is 0 Å². The van der Waals surface area contributed by atoms with E-state index >= 15 is 0 Å². The van der Waals surface area contributed by atoms with Gasteiger partial charge in [0.2, 0.25) is 0 Å². The maximum Gasteiger partial charge on any atom is 0.166 e. The summed E-state index contributed by atoms with van der Waals surface area (Å²) in [6, 6.07) is 0. The van der Waals surface area contributed by atoms with Crippen LogP contribution < -0.4 is 0 Å². The Hall–Kier alpha value is -0.370. The highest BCUT2D eigenvalue weighted by atomic mass is 16.5. The van der Waals surface area contributed by atoms with Crippen molar-refractivity contribution in [2.24, 2.45) is 5.92 Å². The number of rotatable bonds is 1. The van der Waals surface area contributed by atoms with E-state index in [-0.39, 0.29) is 23.9 Å². The van der Waals surface area contributed by atoms with Crippen LogP contribution in [-0.4, -0.2) is 18.0 Å². The Kier molecular flexibility index (Phi) is 2.09. The van der Waals surface area contributed by atoms with Gasteiger partial charge in [0.25, 0.3) is 0 Å². The van der Waals surface area contributed by atoms with Crippen LogP contribution in [0.2, 0.25) is 0 Å². The fourth-order valence-electron chi connectivity index (χ4n) is 1.45. The molecule has 1 fully saturated rings. The monoisotopic (exact) mass is 142 g/mol. The summed E-state index contributed by atoms with van der Waals surface area (Å²) in [6.07, 6.45) is 0.944. The minimum Gasteiger partial charge on any atom is -0.367 e. The molecule has 2 nitrogen and oxygen atoms in total. The summed E-state index contributed by atoms with van der Waals surface area (Å²) in [5.41, 5.74) is 0. The fraction of sp³-hybridized carbons (Fsp3) is 0.875. The lowest BCUT2D eigenvalue weighted by Gasteiger charge is -2.08. The number of carbonyl (C=O) groups is 1. The summed E-state index contributed by atoms with van der Waals surface area (Å²) >= 11 is 0. The van der Waals surface area contributed by atoms with E-state index in [1.54, 1.807) is 0 Å². The summed E-state index contributed by atoms with van der Waals surface area (Å²) in [5.74, 6) is 0.367. The first-order valence-electron chi connectivity index (χ1n) is 3.86. The van der Waals surface area contributed by atoms with E-state index in [2.05, 4.69) is 0 Å². The average Bonchev–Trinajstić information content (AvgIpc) is 2.17. The number of hydrogen-bond acceptors (Lipinski definition) is 2. The third kappa shape index (κ3) is 1.08. The number of carbonyl (C=O) groups excluding carboxylic acids is 1. The molecular formula is C8H14O2. The van der Waals surface area contributed by atoms with Crippen LogP contribution in [0.5, 0.6) is 0 Å². The van der Waals surface area contributed by atoms with Crippen molar-refractivity contribution in [2.75, 3.05) is 0 Å². The Morgan fingerprint density at radius 1 is 1.50 bits per heavy atom. The zero-order valence-corrected chi connectivity index (χ0v) is 6.76. The Balaban J connectivity index is 2.61. The molecule has 0 bridgehead atoms. The van der Waals surface area contributed by atoms with E-state index < -0.39 is 0 Å². The zero-order chi connectivity index (χ0) is 7.72. The van der Waals surface area contributed by atoms with Gasteiger partial charge >= 0.3 is 0 Å². The largest absolute Gasteiger partial charge is 0.367 e. The first-order valence-corrected chi connectivity index (χ1v) is 3.86. The first kappa shape index (κ1) is 7.73. The van der Waals surface area contributed by atoms with Crippen molar-refractivity contribution >= 4 is 5.78 Å². The van der Waals surface area contributed by atoms with Gasteiger partial charge in [0.15, 0.2) is 5.78 Å². The molecular weight excluding hydrogens is 128 g/mol. The van der Waals surface area contributed by atoms with Gasteiger partial charge < -0.3 is 4.74 Å². The highest BCUT2D eigenvalue weighted by Crippen LogP contribution is 2.24. The molecule has 1 heterocycles. The quantitative estimate of drug-likeness (QED) is 0.553. The minimum absolute atomic E-state index is 0.111. The lowest BCUT2D eigenvalue weighted by molar-refractivity contribution is -0.123. The average molecular weight is 142 g/mol. The second-order valence-corrected chi connectivity index (χ2v) is 2.92. The van der Waals surface area contributed by atoms with Gasteiger partial charge in [0, 0.05) is 5.92 Å². The molecule has 10 heavy (non-hydrogen) atoms. The number of ketones is 1. The molecule has 0 radical (unpaired) electrons. The van der Waals surface area contributed by atoms with Gasteiger partial charge in [0.1, 0.15) is 6.10 Å². The molecule has 2 heteroatoms. The summed E-state index contributed by atoms with van der Waals surface area (Å²) in [7, 11) is 0. The van der Waals surface area contributed by atoms with E-state index in [4.69, 9.17) is 4.74 Å². The van der Waals surface area contributed by atoms with Crippen molar-refractivity contribution in [3.8, 4) is 0 Å². The number of Topliss-reactive ketones (excluding diaryl/α,β-unsaturated/α-hetero) is 1. The molecule has 1 aliphatic heterocycles. The third-order valence-electron chi connectivity index (χ3n) is 2.19. The normalized spacial score (nSPS) is 40.7. The number of ether oxygens (including phenoxy) is 1. The molecule has 1 unspecified atom stereocenters. The van der Waals surface area contributed by atoms with Gasteiger partial charge in [-0.1, -0.05) is 13.8 Å². The van der Waals surface area contributed by atoms with Crippen LogP contribution in [0.1, 0.15) is 27.2 Å². The van der Waals surface area contributed by atoms with Crippen LogP contribution in [0, 0.1) is 5.92 Å². The topological polar surface area (TPSA) is 26.3 Å². The van der Waals surface area contributed by atoms with Crippen molar-refractivity contribution in [3.05, 3.63) is 0 Å². The Morgan fingerprint density at radius 3 is 2.30 bits per heavy atom. The van der Waals surface area contributed by atoms with Crippen molar-refractivity contribution in [3.63, 3.8) is 0 Å². The molecule has 3 atom stereocenters. The van der Waals surface area contributed by atoms with Gasteiger partial charge in [-0.15, -0.1) is 0 Å². The summed E-state index contributed by atoms with van der Waals surface area (Å²) < 4.78 is 5.39. The van der Waals surface area contributed by atoms with Crippen LogP contribution >= 0.6 is 0 Å². The predicted octanol–water partition coefficient (Wildman–Crippen LogP) is 1.39. The van der Waals surface area contributed by atoms with Gasteiger partial charge in [-0.3, -0.25) is 4.79 Å². The molecule has 58 valence electrons. The highest BCUT2D eigenvalue weighted by Gasteiger charge is 2.36. The Morgan fingerprint density at radius 2 is 2.10 bits per heavy atom. The van der Waals surface area contributed by atoms with Crippen molar-refractivity contribution in [1.82, 2.24) is 0 Å². The Labute approximate surface area is 61.6 Å². The van der Waals surface area contributed by atoms with E-state index in [9.17, 15) is 4.79 Å². The third-order valence-corrected chi connectivity index (χ3v) is 2.19. The van der Waals surface area contributed by atoms with Crippen molar-refractivity contribution < 1.29 is 9.53 Å². The SMILES string of the molecule is CC[C@H]1OC(C)C(=O)[C@H]1C. The molecule has 0 spiro atoms. The van der Waals surface area contributed by atoms with Crippen LogP contribution in [0.25, 0.3) is 0 Å². The molecule has 0 aromatic heterocycles. The summed E-state index contributed by atoms with van der Waals surface area (Å²) in [4.78, 5) is 11.1. The maximum absolute atomic E-state index is 11.1.